The van der Waals surface area contributed by atoms with E-state index < -0.39 is 11.9 Å². The molecule has 1 atom stereocenters. The van der Waals surface area contributed by atoms with Gasteiger partial charge in [-0.25, -0.2) is 0 Å². The summed E-state index contributed by atoms with van der Waals surface area (Å²) in [6.45, 7) is 0.675. The van der Waals surface area contributed by atoms with Crippen molar-refractivity contribution in [3.63, 3.8) is 0 Å². The van der Waals surface area contributed by atoms with Crippen LogP contribution in [0.15, 0.2) is 24.3 Å². The van der Waals surface area contributed by atoms with Crippen molar-refractivity contribution in [1.82, 2.24) is 5.32 Å². The summed E-state index contributed by atoms with van der Waals surface area (Å²) in [6.07, 6.45) is 5.64. The summed E-state index contributed by atoms with van der Waals surface area (Å²) in [6, 6.07) is 7.83. The van der Waals surface area contributed by atoms with Crippen LogP contribution < -0.4 is 16.8 Å². The van der Waals surface area contributed by atoms with Gasteiger partial charge in [-0.15, -0.1) is 0 Å². The lowest BCUT2D eigenvalue weighted by Gasteiger charge is -2.08. The summed E-state index contributed by atoms with van der Waals surface area (Å²) in [7, 11) is 0. The summed E-state index contributed by atoms with van der Waals surface area (Å²) >= 11 is 2.28. The number of carbonyl (C=O) groups is 2. The number of benzene rings is 1. The van der Waals surface area contributed by atoms with Gasteiger partial charge in [-0.1, -0.05) is 25.0 Å². The van der Waals surface area contributed by atoms with Gasteiger partial charge in [0.05, 0.1) is 6.04 Å². The fraction of sp³-hybridized carbons (Fsp3) is 0.529. The predicted octanol–water partition coefficient (Wildman–Crippen LogP) is 2.10. The number of nitrogens with two attached hydrogens (primary N) is 2. The second-order valence-corrected chi connectivity index (χ2v) is 6.93. The molecule has 2 amide bonds. The van der Waals surface area contributed by atoms with E-state index in [-0.39, 0.29) is 5.91 Å². The largest absolute Gasteiger partial charge is 0.368 e. The van der Waals surface area contributed by atoms with Crippen LogP contribution in [-0.2, 0) is 16.0 Å². The monoisotopic (exact) mass is 431 g/mol. The molecule has 23 heavy (non-hydrogen) atoms. The summed E-state index contributed by atoms with van der Waals surface area (Å²) in [5.74, 6) is -0.351. The van der Waals surface area contributed by atoms with Crippen LogP contribution in [0.1, 0.15) is 44.1 Å². The third-order valence-corrected chi connectivity index (χ3v) is 4.38. The number of halogens is 1. The number of nitrogens with one attached hydrogen (secondary N) is 1. The van der Waals surface area contributed by atoms with Gasteiger partial charge in [0.15, 0.2) is 0 Å². The normalized spacial score (nSPS) is 11.9. The molecule has 1 unspecified atom stereocenters. The third-order valence-electron chi connectivity index (χ3n) is 3.66. The summed E-state index contributed by atoms with van der Waals surface area (Å²) < 4.78 is 1.22. The quantitative estimate of drug-likeness (QED) is 0.370. The molecule has 0 aliphatic rings. The molecule has 5 nitrogen and oxygen atoms in total. The Kier molecular flexibility index (Phi) is 9.86. The van der Waals surface area contributed by atoms with E-state index in [9.17, 15) is 9.59 Å². The highest BCUT2D eigenvalue weighted by molar-refractivity contribution is 14.1. The standard InChI is InChI=1S/C17H26IN3O2/c18-14-10-8-13(9-11-14)5-4-7-16(22)21-12-3-1-2-6-15(19)17(20)23/h8-11,15H,1-7,12,19H2,(H2,20,23)(H,21,22). The Morgan fingerprint density at radius 2 is 1.78 bits per heavy atom. The first-order valence-electron chi connectivity index (χ1n) is 8.05. The van der Waals surface area contributed by atoms with E-state index in [1.165, 1.54) is 9.13 Å². The van der Waals surface area contributed by atoms with E-state index >= 15 is 0 Å². The average molecular weight is 431 g/mol. The second kappa shape index (κ2) is 11.4. The minimum Gasteiger partial charge on any atom is -0.368 e. The molecule has 0 aliphatic carbocycles. The molecule has 1 rings (SSSR count). The van der Waals surface area contributed by atoms with Gasteiger partial charge in [0, 0.05) is 16.5 Å². The van der Waals surface area contributed by atoms with Crippen molar-refractivity contribution < 1.29 is 9.59 Å². The lowest BCUT2D eigenvalue weighted by Crippen LogP contribution is -2.36. The lowest BCUT2D eigenvalue weighted by atomic mass is 10.1. The molecule has 0 fully saturated rings. The van der Waals surface area contributed by atoms with Gasteiger partial charge >= 0.3 is 0 Å². The van der Waals surface area contributed by atoms with E-state index in [2.05, 4.69) is 52.2 Å². The van der Waals surface area contributed by atoms with Crippen molar-refractivity contribution in [2.24, 2.45) is 11.5 Å². The van der Waals surface area contributed by atoms with Gasteiger partial charge in [-0.2, -0.15) is 0 Å². The predicted molar refractivity (Wildman–Crippen MR) is 101 cm³/mol. The van der Waals surface area contributed by atoms with Crippen molar-refractivity contribution in [2.75, 3.05) is 6.54 Å². The lowest BCUT2D eigenvalue weighted by molar-refractivity contribution is -0.121. The number of hydrogen-bond donors (Lipinski definition) is 3. The highest BCUT2D eigenvalue weighted by Crippen LogP contribution is 2.09. The molecule has 0 bridgehead atoms. The Hall–Kier alpha value is -1.15. The maximum atomic E-state index is 11.7. The van der Waals surface area contributed by atoms with E-state index in [1.807, 2.05) is 0 Å². The molecular formula is C17H26IN3O2. The third kappa shape index (κ3) is 9.55. The van der Waals surface area contributed by atoms with E-state index in [1.54, 1.807) is 0 Å². The highest BCUT2D eigenvalue weighted by atomic mass is 127. The number of amides is 2. The molecule has 6 heteroatoms. The zero-order chi connectivity index (χ0) is 17.1. The van der Waals surface area contributed by atoms with E-state index in [4.69, 9.17) is 11.5 Å². The number of primary amides is 1. The van der Waals surface area contributed by atoms with Crippen LogP contribution in [-0.4, -0.2) is 24.4 Å². The Morgan fingerprint density at radius 3 is 2.43 bits per heavy atom. The molecule has 1 aromatic rings. The van der Waals surface area contributed by atoms with Crippen LogP contribution in [0.3, 0.4) is 0 Å². The molecule has 5 N–H and O–H groups in total. The minimum absolute atomic E-state index is 0.101. The summed E-state index contributed by atoms with van der Waals surface area (Å²) in [5, 5.41) is 2.93. The maximum Gasteiger partial charge on any atom is 0.234 e. The van der Waals surface area contributed by atoms with Crippen molar-refractivity contribution in [3.8, 4) is 0 Å². The molecule has 1 aromatic carbocycles. The van der Waals surface area contributed by atoms with Crippen LogP contribution in [0.25, 0.3) is 0 Å². The molecule has 0 spiro atoms. The first-order valence-corrected chi connectivity index (χ1v) is 9.13. The number of hydrogen-bond acceptors (Lipinski definition) is 3. The van der Waals surface area contributed by atoms with Crippen molar-refractivity contribution in [2.45, 2.75) is 51.0 Å². The number of rotatable bonds is 11. The number of unbranched alkanes of at least 4 members (excludes halogenated alkanes) is 2. The summed E-state index contributed by atoms with van der Waals surface area (Å²) in [4.78, 5) is 22.5. The van der Waals surface area contributed by atoms with Gasteiger partial charge < -0.3 is 16.8 Å². The van der Waals surface area contributed by atoms with Crippen molar-refractivity contribution >= 4 is 34.4 Å². The van der Waals surface area contributed by atoms with Crippen molar-refractivity contribution in [3.05, 3.63) is 33.4 Å². The van der Waals surface area contributed by atoms with Crippen LogP contribution in [0.4, 0.5) is 0 Å². The van der Waals surface area contributed by atoms with Gasteiger partial charge in [-0.3, -0.25) is 9.59 Å². The Morgan fingerprint density at radius 1 is 1.09 bits per heavy atom. The molecule has 0 heterocycles. The van der Waals surface area contributed by atoms with Gasteiger partial charge in [0.1, 0.15) is 0 Å². The van der Waals surface area contributed by atoms with Gasteiger partial charge in [0.25, 0.3) is 0 Å². The fourth-order valence-electron chi connectivity index (χ4n) is 2.23. The average Bonchev–Trinajstić information content (AvgIpc) is 2.52. The number of aryl methyl sites for hydroxylation is 1. The minimum atomic E-state index is -0.550. The van der Waals surface area contributed by atoms with E-state index in [0.29, 0.717) is 19.4 Å². The molecule has 0 aromatic heterocycles. The molecular weight excluding hydrogens is 405 g/mol. The first-order chi connectivity index (χ1) is 11.0. The Labute approximate surface area is 151 Å². The zero-order valence-electron chi connectivity index (χ0n) is 13.4. The van der Waals surface area contributed by atoms with Crippen molar-refractivity contribution in [1.29, 1.82) is 0 Å². The van der Waals surface area contributed by atoms with Gasteiger partial charge in [0.2, 0.25) is 11.8 Å². The Balaban J connectivity index is 2.00. The smallest absolute Gasteiger partial charge is 0.234 e. The van der Waals surface area contributed by atoms with Crippen LogP contribution in [0.5, 0.6) is 0 Å². The molecule has 128 valence electrons. The fourth-order valence-corrected chi connectivity index (χ4v) is 2.59. The molecule has 0 saturated carbocycles. The number of carbonyl (C=O) groups excluding carboxylic acids is 2. The second-order valence-electron chi connectivity index (χ2n) is 5.69. The molecule has 0 aliphatic heterocycles. The van der Waals surface area contributed by atoms with Crippen LogP contribution >= 0.6 is 22.6 Å². The Bertz CT molecular complexity index is 491. The SMILES string of the molecule is NC(=O)C(N)CCCCCNC(=O)CCCc1ccc(I)cc1. The van der Waals surface area contributed by atoms with Crippen LogP contribution in [0, 0.1) is 3.57 Å². The van der Waals surface area contributed by atoms with Gasteiger partial charge in [-0.05, 0) is 66.0 Å². The summed E-state index contributed by atoms with van der Waals surface area (Å²) in [5.41, 5.74) is 11.9. The van der Waals surface area contributed by atoms with Crippen LogP contribution in [0.2, 0.25) is 0 Å². The zero-order valence-corrected chi connectivity index (χ0v) is 15.6. The maximum absolute atomic E-state index is 11.7. The molecule has 0 radical (unpaired) electrons. The van der Waals surface area contributed by atoms with E-state index in [0.717, 1.165) is 32.1 Å². The highest BCUT2D eigenvalue weighted by Gasteiger charge is 2.07. The first kappa shape index (κ1) is 19.9. The topological polar surface area (TPSA) is 98.2 Å². The molecule has 0 saturated heterocycles.